The van der Waals surface area contributed by atoms with Gasteiger partial charge in [-0.3, -0.25) is 14.6 Å². The zero-order chi connectivity index (χ0) is 21.9. The number of anilines is 1. The van der Waals surface area contributed by atoms with Crippen LogP contribution in [0.4, 0.5) is 9.52 Å². The molecule has 0 saturated carbocycles. The van der Waals surface area contributed by atoms with Crippen molar-refractivity contribution < 1.29 is 13.9 Å². The Morgan fingerprint density at radius 2 is 1.82 bits per heavy atom. The van der Waals surface area contributed by atoms with Crippen molar-refractivity contribution >= 4 is 55.8 Å². The van der Waals surface area contributed by atoms with E-state index in [1.165, 1.54) is 17.4 Å². The summed E-state index contributed by atoms with van der Waals surface area (Å²) in [7, 11) is 0. The Balaban J connectivity index is 0.00000259. The molecule has 0 radical (unpaired) electrons. The molecule has 8 heteroatoms. The van der Waals surface area contributed by atoms with E-state index >= 15 is 0 Å². The zero-order valence-electron chi connectivity index (χ0n) is 18.1. The highest BCUT2D eigenvalue weighted by molar-refractivity contribution is 7.22. The van der Waals surface area contributed by atoms with Crippen molar-refractivity contribution in [1.82, 2.24) is 9.88 Å². The van der Waals surface area contributed by atoms with Crippen LogP contribution in [0.3, 0.4) is 0 Å². The van der Waals surface area contributed by atoms with Crippen molar-refractivity contribution in [1.29, 1.82) is 0 Å². The van der Waals surface area contributed by atoms with Gasteiger partial charge >= 0.3 is 0 Å². The van der Waals surface area contributed by atoms with Gasteiger partial charge in [-0.15, -0.1) is 12.4 Å². The summed E-state index contributed by atoms with van der Waals surface area (Å²) in [6.07, 6.45) is 0.267. The summed E-state index contributed by atoms with van der Waals surface area (Å²) in [6.45, 7) is 4.33. The van der Waals surface area contributed by atoms with Gasteiger partial charge in [0.15, 0.2) is 5.13 Å². The van der Waals surface area contributed by atoms with E-state index < -0.39 is 0 Å². The first-order valence-corrected chi connectivity index (χ1v) is 11.6. The Morgan fingerprint density at radius 1 is 1.06 bits per heavy atom. The number of amides is 1. The first-order valence-electron chi connectivity index (χ1n) is 10.8. The molecule has 4 aromatic rings. The molecule has 0 atom stereocenters. The summed E-state index contributed by atoms with van der Waals surface area (Å²) < 4.78 is 20.5. The smallest absolute Gasteiger partial charge is 0.233 e. The van der Waals surface area contributed by atoms with Gasteiger partial charge in [-0.05, 0) is 28.5 Å². The van der Waals surface area contributed by atoms with Crippen molar-refractivity contribution in [2.45, 2.75) is 6.42 Å². The van der Waals surface area contributed by atoms with Crippen LogP contribution in [0.1, 0.15) is 5.56 Å². The SMILES string of the molecule is Cl.O=C(Cc1cccc2ccccc12)N(CCN1CCOCC1)c1nc2c(F)cccc2s1. The van der Waals surface area contributed by atoms with Crippen LogP contribution < -0.4 is 4.90 Å². The second-order valence-corrected chi connectivity index (χ2v) is 8.91. The van der Waals surface area contributed by atoms with Crippen LogP contribution in [0.2, 0.25) is 0 Å². The summed E-state index contributed by atoms with van der Waals surface area (Å²) in [6, 6.07) is 19.0. The predicted molar refractivity (Wildman–Crippen MR) is 134 cm³/mol. The number of morpholine rings is 1. The first kappa shape index (κ1) is 23.6. The number of rotatable bonds is 6. The molecule has 5 nitrogen and oxygen atoms in total. The Kier molecular flexibility index (Phi) is 7.55. The maximum absolute atomic E-state index is 14.3. The average molecular weight is 486 g/mol. The van der Waals surface area contributed by atoms with Crippen molar-refractivity contribution in [2.75, 3.05) is 44.3 Å². The number of fused-ring (bicyclic) bond motifs is 2. The lowest BCUT2D eigenvalue weighted by molar-refractivity contribution is -0.118. The molecule has 2 heterocycles. The minimum atomic E-state index is -0.361. The number of ether oxygens (including phenoxy) is 1. The molecule has 1 saturated heterocycles. The van der Waals surface area contributed by atoms with E-state index in [1.807, 2.05) is 36.4 Å². The molecule has 33 heavy (non-hydrogen) atoms. The quantitative estimate of drug-likeness (QED) is 0.389. The largest absolute Gasteiger partial charge is 0.379 e. The molecule has 172 valence electrons. The average Bonchev–Trinajstić information content (AvgIpc) is 3.25. The molecule has 1 aliphatic heterocycles. The van der Waals surface area contributed by atoms with Crippen molar-refractivity contribution in [3.8, 4) is 0 Å². The maximum Gasteiger partial charge on any atom is 0.233 e. The number of para-hydroxylation sites is 1. The van der Waals surface area contributed by atoms with Gasteiger partial charge in [0.2, 0.25) is 5.91 Å². The summed E-state index contributed by atoms with van der Waals surface area (Å²) in [4.78, 5) is 22.1. The third kappa shape index (κ3) is 5.17. The van der Waals surface area contributed by atoms with E-state index in [-0.39, 0.29) is 30.6 Å². The van der Waals surface area contributed by atoms with Gasteiger partial charge in [-0.2, -0.15) is 0 Å². The fourth-order valence-corrected chi connectivity index (χ4v) is 5.14. The topological polar surface area (TPSA) is 45.7 Å². The highest BCUT2D eigenvalue weighted by Gasteiger charge is 2.23. The number of carbonyl (C=O) groups is 1. The third-order valence-electron chi connectivity index (χ3n) is 5.86. The zero-order valence-corrected chi connectivity index (χ0v) is 19.7. The van der Waals surface area contributed by atoms with E-state index in [0.717, 1.165) is 40.7 Å². The van der Waals surface area contributed by atoms with Crippen LogP contribution >= 0.6 is 23.7 Å². The lowest BCUT2D eigenvalue weighted by atomic mass is 10.0. The number of nitrogens with zero attached hydrogens (tertiary/aromatic N) is 3. The van der Waals surface area contributed by atoms with Gasteiger partial charge in [0.05, 0.1) is 24.3 Å². The summed E-state index contributed by atoms with van der Waals surface area (Å²) in [5.74, 6) is -0.395. The second kappa shape index (κ2) is 10.6. The Morgan fingerprint density at radius 3 is 2.64 bits per heavy atom. The molecule has 1 aliphatic rings. The number of aromatic nitrogens is 1. The van der Waals surface area contributed by atoms with E-state index in [4.69, 9.17) is 4.74 Å². The number of hydrogen-bond acceptors (Lipinski definition) is 5. The van der Waals surface area contributed by atoms with Crippen LogP contribution in [0.15, 0.2) is 60.7 Å². The first-order chi connectivity index (χ1) is 15.7. The molecule has 1 aromatic heterocycles. The number of halogens is 2. The summed E-state index contributed by atoms with van der Waals surface area (Å²) in [5.41, 5.74) is 1.30. The molecule has 1 amide bonds. The van der Waals surface area contributed by atoms with Crippen molar-refractivity contribution in [3.05, 3.63) is 72.0 Å². The van der Waals surface area contributed by atoms with Gasteiger partial charge in [0, 0.05) is 26.2 Å². The van der Waals surface area contributed by atoms with E-state index in [0.29, 0.717) is 30.4 Å². The van der Waals surface area contributed by atoms with Crippen LogP contribution in [-0.4, -0.2) is 55.2 Å². The predicted octanol–water partition coefficient (Wildman–Crippen LogP) is 4.92. The van der Waals surface area contributed by atoms with Gasteiger partial charge < -0.3 is 4.74 Å². The lowest BCUT2D eigenvalue weighted by Gasteiger charge is -2.29. The van der Waals surface area contributed by atoms with Crippen molar-refractivity contribution in [2.24, 2.45) is 0 Å². The van der Waals surface area contributed by atoms with E-state index in [9.17, 15) is 9.18 Å². The highest BCUT2D eigenvalue weighted by Crippen LogP contribution is 2.31. The lowest BCUT2D eigenvalue weighted by Crippen LogP contribution is -2.43. The minimum Gasteiger partial charge on any atom is -0.379 e. The Labute approximate surface area is 202 Å². The molecule has 0 bridgehead atoms. The van der Waals surface area contributed by atoms with Crippen molar-refractivity contribution in [3.63, 3.8) is 0 Å². The van der Waals surface area contributed by atoms with Crippen LogP contribution in [0.25, 0.3) is 21.0 Å². The molecule has 0 N–H and O–H groups in total. The Bertz CT molecular complexity index is 1250. The van der Waals surface area contributed by atoms with Gasteiger partial charge in [0.25, 0.3) is 0 Å². The molecular weight excluding hydrogens is 461 g/mol. The molecule has 5 rings (SSSR count). The van der Waals surface area contributed by atoms with Crippen LogP contribution in [0, 0.1) is 5.82 Å². The second-order valence-electron chi connectivity index (χ2n) is 7.90. The monoisotopic (exact) mass is 485 g/mol. The number of thiazole rings is 1. The summed E-state index contributed by atoms with van der Waals surface area (Å²) >= 11 is 1.36. The van der Waals surface area contributed by atoms with E-state index in [1.54, 1.807) is 11.0 Å². The molecule has 0 spiro atoms. The standard InChI is InChI=1S/C25H24FN3O2S.ClH/c26-21-9-4-10-22-24(21)27-25(32-22)29(12-11-28-13-15-31-16-14-28)23(30)17-19-7-3-6-18-5-1-2-8-20(18)19;/h1-10H,11-17H2;1H. The number of carbonyl (C=O) groups excluding carboxylic acids is 1. The maximum atomic E-state index is 14.3. The highest BCUT2D eigenvalue weighted by atomic mass is 35.5. The molecular formula is C25H25ClFN3O2S. The molecule has 0 unspecified atom stereocenters. The van der Waals surface area contributed by atoms with Crippen LogP contribution in [-0.2, 0) is 16.0 Å². The minimum absolute atomic E-state index is 0. The molecule has 0 aliphatic carbocycles. The van der Waals surface area contributed by atoms with E-state index in [2.05, 4.69) is 22.0 Å². The Hall–Kier alpha value is -2.58. The van der Waals surface area contributed by atoms with Gasteiger partial charge in [0.1, 0.15) is 11.3 Å². The normalized spacial score (nSPS) is 14.3. The number of benzene rings is 3. The molecule has 1 fully saturated rings. The van der Waals surface area contributed by atoms with Gasteiger partial charge in [-0.1, -0.05) is 59.9 Å². The summed E-state index contributed by atoms with van der Waals surface area (Å²) in [5, 5.41) is 2.73. The van der Waals surface area contributed by atoms with Crippen LogP contribution in [0.5, 0.6) is 0 Å². The molecule has 3 aromatic carbocycles. The third-order valence-corrected chi connectivity index (χ3v) is 6.90. The van der Waals surface area contributed by atoms with Gasteiger partial charge in [-0.25, -0.2) is 9.37 Å². The fourth-order valence-electron chi connectivity index (χ4n) is 4.12. The fraction of sp³-hybridized carbons (Fsp3) is 0.280. The number of hydrogen-bond donors (Lipinski definition) is 0.